The molecule has 3 unspecified atom stereocenters. The number of rotatable bonds is 6. The van der Waals surface area contributed by atoms with Crippen LogP contribution in [0.2, 0.25) is 0 Å². The van der Waals surface area contributed by atoms with Crippen molar-refractivity contribution in [3.63, 3.8) is 0 Å². The van der Waals surface area contributed by atoms with Gasteiger partial charge in [-0.2, -0.15) is 0 Å². The van der Waals surface area contributed by atoms with Crippen LogP contribution >= 0.6 is 0 Å². The van der Waals surface area contributed by atoms with E-state index < -0.39 is 0 Å². The number of likely N-dealkylation sites (N-methyl/N-ethyl adjacent to an activating group) is 1. The van der Waals surface area contributed by atoms with Crippen molar-refractivity contribution < 1.29 is 0 Å². The van der Waals surface area contributed by atoms with Crippen LogP contribution in [0.15, 0.2) is 30.3 Å². The lowest BCUT2D eigenvalue weighted by atomic mass is 9.97. The highest BCUT2D eigenvalue weighted by molar-refractivity contribution is 5.19. The molecule has 0 aliphatic carbocycles. The fourth-order valence-corrected chi connectivity index (χ4v) is 2.46. The molecule has 0 saturated carbocycles. The summed E-state index contributed by atoms with van der Waals surface area (Å²) in [5, 5.41) is 0. The van der Waals surface area contributed by atoms with Gasteiger partial charge in [0.1, 0.15) is 0 Å². The molecule has 2 nitrogen and oxygen atoms in total. The van der Waals surface area contributed by atoms with Crippen molar-refractivity contribution in [3.05, 3.63) is 35.9 Å². The first-order valence-electron chi connectivity index (χ1n) is 6.96. The lowest BCUT2D eigenvalue weighted by Crippen LogP contribution is -2.43. The molecule has 1 aromatic rings. The molecule has 0 amide bonds. The molecule has 0 aliphatic heterocycles. The molecule has 2 heteroatoms. The second-order valence-corrected chi connectivity index (χ2v) is 5.82. The molecule has 18 heavy (non-hydrogen) atoms. The van der Waals surface area contributed by atoms with Gasteiger partial charge in [-0.25, -0.2) is 0 Å². The number of hydrogen-bond donors (Lipinski definition) is 1. The second-order valence-electron chi connectivity index (χ2n) is 5.82. The minimum absolute atomic E-state index is 0.0748. The first-order valence-corrected chi connectivity index (χ1v) is 6.96. The van der Waals surface area contributed by atoms with Crippen LogP contribution in [0.25, 0.3) is 0 Å². The zero-order valence-electron chi connectivity index (χ0n) is 12.4. The Morgan fingerprint density at radius 2 is 1.61 bits per heavy atom. The minimum atomic E-state index is 0.0748. The maximum absolute atomic E-state index is 6.37. The van der Waals surface area contributed by atoms with E-state index in [1.54, 1.807) is 0 Å². The first kappa shape index (κ1) is 15.2. The maximum atomic E-state index is 6.37. The van der Waals surface area contributed by atoms with Gasteiger partial charge in [0.05, 0.1) is 0 Å². The topological polar surface area (TPSA) is 29.3 Å². The molecule has 0 spiro atoms. The molecule has 3 atom stereocenters. The number of nitrogens with two attached hydrogens (primary N) is 1. The molecule has 1 aromatic carbocycles. The highest BCUT2D eigenvalue weighted by Crippen LogP contribution is 2.21. The number of nitrogens with zero attached hydrogens (tertiary/aromatic N) is 1. The monoisotopic (exact) mass is 248 g/mol. The average molecular weight is 248 g/mol. The SMILES string of the molecule is CC(C)CC(C)N(C)C(C)C(N)c1ccccc1. The summed E-state index contributed by atoms with van der Waals surface area (Å²) in [5.41, 5.74) is 7.58. The summed E-state index contributed by atoms with van der Waals surface area (Å²) in [6.07, 6.45) is 1.21. The standard InChI is InChI=1S/C16H28N2/c1-12(2)11-13(3)18(5)14(4)16(17)15-9-7-6-8-10-15/h6-10,12-14,16H,11,17H2,1-5H3. The lowest BCUT2D eigenvalue weighted by Gasteiger charge is -2.35. The Morgan fingerprint density at radius 3 is 2.11 bits per heavy atom. The second kappa shape index (κ2) is 6.91. The predicted molar refractivity (Wildman–Crippen MR) is 79.5 cm³/mol. The van der Waals surface area contributed by atoms with E-state index in [0.717, 1.165) is 5.92 Å². The highest BCUT2D eigenvalue weighted by atomic mass is 15.2. The Hall–Kier alpha value is -0.860. The number of hydrogen-bond acceptors (Lipinski definition) is 2. The zero-order chi connectivity index (χ0) is 13.7. The third kappa shape index (κ3) is 4.11. The van der Waals surface area contributed by atoms with Crippen molar-refractivity contribution in [2.75, 3.05) is 7.05 Å². The zero-order valence-corrected chi connectivity index (χ0v) is 12.4. The van der Waals surface area contributed by atoms with Gasteiger partial charge in [-0.15, -0.1) is 0 Å². The van der Waals surface area contributed by atoms with Crippen molar-refractivity contribution in [2.24, 2.45) is 11.7 Å². The van der Waals surface area contributed by atoms with Crippen LogP contribution in [0.4, 0.5) is 0 Å². The maximum Gasteiger partial charge on any atom is 0.0450 e. The molecule has 1 rings (SSSR count). The van der Waals surface area contributed by atoms with E-state index in [1.807, 2.05) is 6.07 Å². The third-order valence-corrected chi connectivity index (χ3v) is 3.85. The molecule has 0 bridgehead atoms. The fourth-order valence-electron chi connectivity index (χ4n) is 2.46. The summed E-state index contributed by atoms with van der Waals surface area (Å²) in [4.78, 5) is 2.40. The van der Waals surface area contributed by atoms with E-state index in [-0.39, 0.29) is 6.04 Å². The van der Waals surface area contributed by atoms with Crippen LogP contribution in [-0.2, 0) is 0 Å². The fraction of sp³-hybridized carbons (Fsp3) is 0.625. The van der Waals surface area contributed by atoms with E-state index in [0.29, 0.717) is 12.1 Å². The largest absolute Gasteiger partial charge is 0.323 e. The third-order valence-electron chi connectivity index (χ3n) is 3.85. The molecule has 0 aromatic heterocycles. The smallest absolute Gasteiger partial charge is 0.0450 e. The van der Waals surface area contributed by atoms with E-state index in [9.17, 15) is 0 Å². The Labute approximate surface area is 112 Å². The molecule has 0 saturated heterocycles. The molecule has 0 aliphatic rings. The minimum Gasteiger partial charge on any atom is -0.323 e. The number of benzene rings is 1. The average Bonchev–Trinajstić information content (AvgIpc) is 2.36. The van der Waals surface area contributed by atoms with Crippen LogP contribution in [-0.4, -0.2) is 24.0 Å². The predicted octanol–water partition coefficient (Wildman–Crippen LogP) is 3.44. The first-order chi connectivity index (χ1) is 8.43. The van der Waals surface area contributed by atoms with Crippen LogP contribution in [0.1, 0.15) is 45.7 Å². The van der Waals surface area contributed by atoms with Gasteiger partial charge in [0.2, 0.25) is 0 Å². The summed E-state index contributed by atoms with van der Waals surface area (Å²) in [7, 11) is 2.18. The Kier molecular flexibility index (Phi) is 5.83. The molecule has 2 N–H and O–H groups in total. The van der Waals surface area contributed by atoms with Gasteiger partial charge in [0.15, 0.2) is 0 Å². The van der Waals surface area contributed by atoms with E-state index in [2.05, 4.69) is 63.9 Å². The van der Waals surface area contributed by atoms with E-state index >= 15 is 0 Å². The summed E-state index contributed by atoms with van der Waals surface area (Å²) >= 11 is 0. The normalized spacial score (nSPS) is 16.9. The van der Waals surface area contributed by atoms with Crippen molar-refractivity contribution in [1.29, 1.82) is 0 Å². The summed E-state index contributed by atoms with van der Waals surface area (Å²) in [5.74, 6) is 0.725. The van der Waals surface area contributed by atoms with Crippen LogP contribution in [0.5, 0.6) is 0 Å². The molecule has 0 heterocycles. The van der Waals surface area contributed by atoms with Crippen molar-refractivity contribution in [2.45, 2.75) is 52.2 Å². The van der Waals surface area contributed by atoms with Crippen LogP contribution < -0.4 is 5.73 Å². The van der Waals surface area contributed by atoms with Gasteiger partial charge < -0.3 is 5.73 Å². The van der Waals surface area contributed by atoms with Gasteiger partial charge >= 0.3 is 0 Å². The summed E-state index contributed by atoms with van der Waals surface area (Å²) in [6.45, 7) is 9.04. The van der Waals surface area contributed by atoms with Crippen molar-refractivity contribution >= 4 is 0 Å². The van der Waals surface area contributed by atoms with Gasteiger partial charge in [-0.3, -0.25) is 4.90 Å². The van der Waals surface area contributed by atoms with Crippen molar-refractivity contribution in [1.82, 2.24) is 4.90 Å². The Balaban J connectivity index is 2.66. The van der Waals surface area contributed by atoms with E-state index in [4.69, 9.17) is 5.73 Å². The van der Waals surface area contributed by atoms with Gasteiger partial charge in [-0.05, 0) is 38.8 Å². The summed E-state index contributed by atoms with van der Waals surface area (Å²) < 4.78 is 0. The Bertz CT molecular complexity index is 334. The summed E-state index contributed by atoms with van der Waals surface area (Å²) in [6, 6.07) is 11.4. The quantitative estimate of drug-likeness (QED) is 0.835. The molecular formula is C16H28N2. The molecule has 0 radical (unpaired) electrons. The molecule has 102 valence electrons. The van der Waals surface area contributed by atoms with Crippen molar-refractivity contribution in [3.8, 4) is 0 Å². The van der Waals surface area contributed by atoms with Gasteiger partial charge in [0.25, 0.3) is 0 Å². The molecular weight excluding hydrogens is 220 g/mol. The highest BCUT2D eigenvalue weighted by Gasteiger charge is 2.22. The van der Waals surface area contributed by atoms with Crippen LogP contribution in [0.3, 0.4) is 0 Å². The lowest BCUT2D eigenvalue weighted by molar-refractivity contribution is 0.155. The van der Waals surface area contributed by atoms with E-state index in [1.165, 1.54) is 12.0 Å². The Morgan fingerprint density at radius 1 is 1.06 bits per heavy atom. The van der Waals surface area contributed by atoms with Gasteiger partial charge in [0, 0.05) is 18.1 Å². The molecule has 0 fully saturated rings. The van der Waals surface area contributed by atoms with Crippen LogP contribution in [0, 0.1) is 5.92 Å². The van der Waals surface area contributed by atoms with Gasteiger partial charge in [-0.1, -0.05) is 44.2 Å².